The number of hydrogen-bond acceptors (Lipinski definition) is 2. The lowest BCUT2D eigenvalue weighted by Gasteiger charge is -2.17. The van der Waals surface area contributed by atoms with Crippen LogP contribution in [0.2, 0.25) is 5.02 Å². The summed E-state index contributed by atoms with van der Waals surface area (Å²) in [4.78, 5) is 13.0. The average molecular weight is 278 g/mol. The van der Waals surface area contributed by atoms with Crippen molar-refractivity contribution in [3.05, 3.63) is 23.0 Å². The van der Waals surface area contributed by atoms with Crippen LogP contribution in [0, 0.1) is 11.7 Å². The molecular weight excluding hydrogens is 268 g/mol. The summed E-state index contributed by atoms with van der Waals surface area (Å²) in [6.07, 6.45) is 0.298. The molecule has 0 radical (unpaired) electrons. The molecule has 3 nitrogen and oxygen atoms in total. The van der Waals surface area contributed by atoms with Crippen LogP contribution in [0.25, 0.3) is 0 Å². The van der Waals surface area contributed by atoms with E-state index in [9.17, 15) is 14.3 Å². The van der Waals surface area contributed by atoms with Crippen molar-refractivity contribution in [2.45, 2.75) is 6.42 Å². The Morgan fingerprint density at radius 3 is 2.82 bits per heavy atom. The van der Waals surface area contributed by atoms with Gasteiger partial charge in [0.25, 0.3) is 0 Å². The van der Waals surface area contributed by atoms with Crippen LogP contribution in [-0.4, -0.2) is 23.4 Å². The van der Waals surface area contributed by atoms with Crippen molar-refractivity contribution in [3.8, 4) is 5.75 Å². The lowest BCUT2D eigenvalue weighted by atomic mass is 10.1. The van der Waals surface area contributed by atoms with Crippen molar-refractivity contribution in [1.29, 1.82) is 0 Å². The van der Waals surface area contributed by atoms with Crippen molar-refractivity contribution in [2.75, 3.05) is 17.3 Å². The van der Waals surface area contributed by atoms with E-state index in [0.717, 1.165) is 12.1 Å². The molecule has 1 aromatic carbocycles. The third kappa shape index (κ3) is 2.33. The fraction of sp³-hybridized carbons (Fsp3) is 0.364. The molecule has 1 N–H and O–H groups in total. The Kier molecular flexibility index (Phi) is 3.45. The van der Waals surface area contributed by atoms with E-state index in [-0.39, 0.29) is 28.3 Å². The van der Waals surface area contributed by atoms with Crippen molar-refractivity contribution in [1.82, 2.24) is 0 Å². The SMILES string of the molecule is O=C1CC(CCl)CN1c1cc(O)c(Cl)cc1F. The molecule has 0 saturated carbocycles. The lowest BCUT2D eigenvalue weighted by Crippen LogP contribution is -2.25. The molecule has 1 saturated heterocycles. The average Bonchev–Trinajstić information content (AvgIpc) is 2.65. The number of nitrogens with zero attached hydrogens (tertiary/aromatic N) is 1. The molecule has 1 unspecified atom stereocenters. The standard InChI is InChI=1S/C11H10Cl2FNO2/c12-4-6-1-11(17)15(5-6)9-3-10(16)7(13)2-8(9)14/h2-3,6,16H,1,4-5H2. The molecule has 0 aromatic heterocycles. The second-order valence-corrected chi connectivity index (χ2v) is 4.70. The minimum Gasteiger partial charge on any atom is -0.506 e. The van der Waals surface area contributed by atoms with Crippen molar-refractivity contribution < 1.29 is 14.3 Å². The third-order valence-corrected chi connectivity index (χ3v) is 3.47. The molecule has 0 aliphatic carbocycles. The number of hydrogen-bond donors (Lipinski definition) is 1. The summed E-state index contributed by atoms with van der Waals surface area (Å²) in [7, 11) is 0. The maximum absolute atomic E-state index is 13.7. The first kappa shape index (κ1) is 12.5. The molecule has 6 heteroatoms. The van der Waals surface area contributed by atoms with Gasteiger partial charge in [0.2, 0.25) is 5.91 Å². The number of halogens is 3. The zero-order valence-corrected chi connectivity index (χ0v) is 10.3. The van der Waals surface area contributed by atoms with Gasteiger partial charge < -0.3 is 10.0 Å². The van der Waals surface area contributed by atoms with Gasteiger partial charge in [0.1, 0.15) is 11.6 Å². The maximum atomic E-state index is 13.7. The number of carbonyl (C=O) groups excluding carboxylic acids is 1. The van der Waals surface area contributed by atoms with E-state index in [4.69, 9.17) is 23.2 Å². The molecule has 1 fully saturated rings. The van der Waals surface area contributed by atoms with Gasteiger partial charge in [-0.3, -0.25) is 4.79 Å². The first-order chi connectivity index (χ1) is 8.02. The topological polar surface area (TPSA) is 40.5 Å². The number of phenols is 1. The summed E-state index contributed by atoms with van der Waals surface area (Å²) in [5.74, 6) is -0.706. The molecule has 1 aliphatic heterocycles. The van der Waals surface area contributed by atoms with Crippen LogP contribution >= 0.6 is 23.2 Å². The van der Waals surface area contributed by atoms with Crippen molar-refractivity contribution in [2.24, 2.45) is 5.92 Å². The molecule has 1 atom stereocenters. The normalized spacial score (nSPS) is 20.1. The van der Waals surface area contributed by atoms with Gasteiger partial charge in [0.15, 0.2) is 0 Å². The summed E-state index contributed by atoms with van der Waals surface area (Å²) in [5.41, 5.74) is 0.0458. The van der Waals surface area contributed by atoms with Gasteiger partial charge >= 0.3 is 0 Å². The van der Waals surface area contributed by atoms with Gasteiger partial charge in [-0.15, -0.1) is 11.6 Å². The number of amides is 1. The van der Waals surface area contributed by atoms with E-state index >= 15 is 0 Å². The summed E-state index contributed by atoms with van der Waals surface area (Å²) in [6, 6.07) is 2.15. The molecule has 1 aromatic rings. The number of phenolic OH excluding ortho intramolecular Hbond substituents is 1. The van der Waals surface area contributed by atoms with E-state index in [1.54, 1.807) is 0 Å². The monoisotopic (exact) mass is 277 g/mol. The molecular formula is C11H10Cl2FNO2. The second-order valence-electron chi connectivity index (χ2n) is 3.98. The highest BCUT2D eigenvalue weighted by Gasteiger charge is 2.31. The zero-order chi connectivity index (χ0) is 12.6. The number of aromatic hydroxyl groups is 1. The summed E-state index contributed by atoms with van der Waals surface area (Å²) < 4.78 is 13.7. The molecule has 17 heavy (non-hydrogen) atoms. The summed E-state index contributed by atoms with van der Waals surface area (Å²) in [6.45, 7) is 0.361. The molecule has 1 amide bonds. The summed E-state index contributed by atoms with van der Waals surface area (Å²) in [5, 5.41) is 9.35. The van der Waals surface area contributed by atoms with E-state index < -0.39 is 5.82 Å². The predicted octanol–water partition coefficient (Wildman–Crippen LogP) is 2.78. The maximum Gasteiger partial charge on any atom is 0.227 e. The summed E-state index contributed by atoms with van der Waals surface area (Å²) >= 11 is 11.2. The van der Waals surface area contributed by atoms with E-state index in [0.29, 0.717) is 18.8 Å². The Morgan fingerprint density at radius 1 is 1.53 bits per heavy atom. The number of carbonyl (C=O) groups is 1. The van der Waals surface area contributed by atoms with Crippen LogP contribution in [0.5, 0.6) is 5.75 Å². The highest BCUT2D eigenvalue weighted by atomic mass is 35.5. The van der Waals surface area contributed by atoms with Gasteiger partial charge in [-0.1, -0.05) is 11.6 Å². The quantitative estimate of drug-likeness (QED) is 0.845. The van der Waals surface area contributed by atoms with Crippen molar-refractivity contribution >= 4 is 34.8 Å². The fourth-order valence-corrected chi connectivity index (χ4v) is 2.21. The predicted molar refractivity (Wildman–Crippen MR) is 64.3 cm³/mol. The molecule has 0 bridgehead atoms. The van der Waals surface area contributed by atoms with Crippen LogP contribution in [0.4, 0.5) is 10.1 Å². The van der Waals surface area contributed by atoms with Gasteiger partial charge in [0, 0.05) is 24.9 Å². The minimum absolute atomic E-state index is 0.0152. The third-order valence-electron chi connectivity index (χ3n) is 2.73. The highest BCUT2D eigenvalue weighted by Crippen LogP contribution is 2.34. The first-order valence-electron chi connectivity index (χ1n) is 5.07. The van der Waals surface area contributed by atoms with Gasteiger partial charge in [-0.2, -0.15) is 0 Å². The van der Waals surface area contributed by atoms with E-state index in [1.165, 1.54) is 4.90 Å². The second kappa shape index (κ2) is 4.70. The molecule has 2 rings (SSSR count). The Labute approximate surface area is 108 Å². The largest absolute Gasteiger partial charge is 0.506 e. The van der Waals surface area contributed by atoms with Crippen molar-refractivity contribution in [3.63, 3.8) is 0 Å². The molecule has 92 valence electrons. The molecule has 1 aliphatic rings. The Bertz CT molecular complexity index is 467. The van der Waals surface area contributed by atoms with Crippen LogP contribution in [0.1, 0.15) is 6.42 Å². The number of rotatable bonds is 2. The van der Waals surface area contributed by atoms with Crippen LogP contribution < -0.4 is 4.90 Å². The Morgan fingerprint density at radius 2 is 2.24 bits per heavy atom. The molecule has 1 heterocycles. The molecule has 0 spiro atoms. The number of benzene rings is 1. The van der Waals surface area contributed by atoms with Gasteiger partial charge in [-0.25, -0.2) is 4.39 Å². The van der Waals surface area contributed by atoms with Gasteiger partial charge in [-0.05, 0) is 12.0 Å². The van der Waals surface area contributed by atoms with Crippen LogP contribution in [0.3, 0.4) is 0 Å². The lowest BCUT2D eigenvalue weighted by molar-refractivity contribution is -0.117. The van der Waals surface area contributed by atoms with E-state index in [1.807, 2.05) is 0 Å². The first-order valence-corrected chi connectivity index (χ1v) is 5.98. The van der Waals surface area contributed by atoms with Crippen LogP contribution in [0.15, 0.2) is 12.1 Å². The minimum atomic E-state index is -0.628. The smallest absolute Gasteiger partial charge is 0.227 e. The Balaban J connectivity index is 2.35. The highest BCUT2D eigenvalue weighted by molar-refractivity contribution is 6.32. The van der Waals surface area contributed by atoms with Gasteiger partial charge in [0.05, 0.1) is 10.7 Å². The zero-order valence-electron chi connectivity index (χ0n) is 8.79. The number of alkyl halides is 1. The Hall–Kier alpha value is -1.00. The fourth-order valence-electron chi connectivity index (χ4n) is 1.85. The van der Waals surface area contributed by atoms with Crippen LogP contribution in [-0.2, 0) is 4.79 Å². The number of anilines is 1. The van der Waals surface area contributed by atoms with E-state index in [2.05, 4.69) is 0 Å².